The molecule has 7 heteroatoms. The quantitative estimate of drug-likeness (QED) is 0.491. The first-order chi connectivity index (χ1) is 9.52. The van der Waals surface area contributed by atoms with Gasteiger partial charge in [-0.1, -0.05) is 5.92 Å². The summed E-state index contributed by atoms with van der Waals surface area (Å²) in [6.07, 6.45) is 8.42. The number of hydrogen-bond donors (Lipinski definition) is 1. The largest absolute Gasteiger partial charge is 0.383 e. The van der Waals surface area contributed by atoms with Gasteiger partial charge in [-0.25, -0.2) is 4.98 Å². The van der Waals surface area contributed by atoms with Crippen molar-refractivity contribution in [2.24, 2.45) is 5.92 Å². The minimum absolute atomic E-state index is 0.0232. The predicted molar refractivity (Wildman–Crippen MR) is 72.8 cm³/mol. The summed E-state index contributed by atoms with van der Waals surface area (Å²) >= 11 is 0. The zero-order valence-electron chi connectivity index (χ0n) is 10.8. The van der Waals surface area contributed by atoms with E-state index in [1.165, 1.54) is 4.90 Å². The molecule has 1 aromatic rings. The molecule has 1 heterocycles. The van der Waals surface area contributed by atoms with E-state index >= 15 is 0 Å². The maximum atomic E-state index is 12.4. The van der Waals surface area contributed by atoms with Gasteiger partial charge in [-0.3, -0.25) is 14.9 Å². The van der Waals surface area contributed by atoms with Crippen molar-refractivity contribution in [2.75, 3.05) is 18.8 Å². The second-order valence-electron chi connectivity index (χ2n) is 4.72. The van der Waals surface area contributed by atoms with E-state index in [2.05, 4.69) is 10.9 Å². The van der Waals surface area contributed by atoms with E-state index < -0.39 is 10.8 Å². The molecule has 0 atom stereocenters. The Morgan fingerprint density at radius 1 is 1.65 bits per heavy atom. The van der Waals surface area contributed by atoms with Crippen LogP contribution in [0.4, 0.5) is 11.5 Å². The van der Waals surface area contributed by atoms with Crippen molar-refractivity contribution in [3.8, 4) is 12.3 Å². The molecule has 0 saturated heterocycles. The maximum Gasteiger partial charge on any atom is 0.288 e. The van der Waals surface area contributed by atoms with Crippen LogP contribution in [0.1, 0.15) is 23.2 Å². The second kappa shape index (κ2) is 5.57. The highest BCUT2D eigenvalue weighted by atomic mass is 16.6. The lowest BCUT2D eigenvalue weighted by Crippen LogP contribution is -2.34. The summed E-state index contributed by atoms with van der Waals surface area (Å²) in [5.41, 5.74) is 5.39. The normalized spacial score (nSPS) is 13.6. The molecule has 104 valence electrons. The number of amides is 1. The van der Waals surface area contributed by atoms with Gasteiger partial charge in [-0.05, 0) is 18.8 Å². The molecular weight excluding hydrogens is 260 g/mol. The van der Waals surface area contributed by atoms with E-state index in [-0.39, 0.29) is 23.6 Å². The van der Waals surface area contributed by atoms with Crippen LogP contribution in [-0.4, -0.2) is 33.8 Å². The molecule has 7 nitrogen and oxygen atoms in total. The molecule has 1 fully saturated rings. The zero-order valence-corrected chi connectivity index (χ0v) is 10.8. The number of anilines is 1. The lowest BCUT2D eigenvalue weighted by atomic mass is 10.2. The first kappa shape index (κ1) is 13.8. The van der Waals surface area contributed by atoms with Crippen molar-refractivity contribution >= 4 is 17.4 Å². The van der Waals surface area contributed by atoms with E-state index in [1.54, 1.807) is 0 Å². The summed E-state index contributed by atoms with van der Waals surface area (Å²) in [7, 11) is 0. The van der Waals surface area contributed by atoms with Crippen LogP contribution in [0, 0.1) is 28.4 Å². The number of pyridine rings is 1. The summed E-state index contributed by atoms with van der Waals surface area (Å²) in [6, 6.07) is 1.14. The molecule has 20 heavy (non-hydrogen) atoms. The van der Waals surface area contributed by atoms with E-state index in [1.807, 2.05) is 0 Å². The molecule has 1 saturated carbocycles. The van der Waals surface area contributed by atoms with Crippen LogP contribution >= 0.6 is 0 Å². The lowest BCUT2D eigenvalue weighted by molar-refractivity contribution is -0.385. The van der Waals surface area contributed by atoms with Gasteiger partial charge in [0.25, 0.3) is 11.6 Å². The molecule has 2 N–H and O–H groups in total. The fourth-order valence-electron chi connectivity index (χ4n) is 1.85. The van der Waals surface area contributed by atoms with E-state index in [0.29, 0.717) is 12.5 Å². The van der Waals surface area contributed by atoms with Gasteiger partial charge in [-0.2, -0.15) is 0 Å². The number of terminal acetylenes is 1. The second-order valence-corrected chi connectivity index (χ2v) is 4.72. The molecule has 0 spiro atoms. The highest BCUT2D eigenvalue weighted by Crippen LogP contribution is 2.30. The van der Waals surface area contributed by atoms with Crippen LogP contribution in [0.25, 0.3) is 0 Å². The molecule has 0 unspecified atom stereocenters. The lowest BCUT2D eigenvalue weighted by Gasteiger charge is -2.20. The minimum Gasteiger partial charge on any atom is -0.383 e. The molecule has 0 radical (unpaired) electrons. The first-order valence-electron chi connectivity index (χ1n) is 6.15. The van der Waals surface area contributed by atoms with Crippen molar-refractivity contribution in [3.63, 3.8) is 0 Å². The number of nitrogens with zero attached hydrogens (tertiary/aromatic N) is 3. The molecule has 1 amide bonds. The van der Waals surface area contributed by atoms with E-state index in [0.717, 1.165) is 25.1 Å². The number of carbonyl (C=O) groups is 1. The molecule has 0 aliphatic heterocycles. The average Bonchev–Trinajstić information content (AvgIpc) is 3.21. The average molecular weight is 274 g/mol. The summed E-state index contributed by atoms with van der Waals surface area (Å²) in [4.78, 5) is 27.7. The van der Waals surface area contributed by atoms with Gasteiger partial charge < -0.3 is 10.6 Å². The van der Waals surface area contributed by atoms with Crippen molar-refractivity contribution in [3.05, 3.63) is 27.9 Å². The highest BCUT2D eigenvalue weighted by molar-refractivity contribution is 5.99. The number of nitrogen functional groups attached to an aromatic ring is 1. The number of hydrogen-bond acceptors (Lipinski definition) is 5. The van der Waals surface area contributed by atoms with Gasteiger partial charge in [0, 0.05) is 12.6 Å². The van der Waals surface area contributed by atoms with Crippen LogP contribution in [0.3, 0.4) is 0 Å². The molecule has 2 rings (SSSR count). The first-order valence-corrected chi connectivity index (χ1v) is 6.15. The number of nitro groups is 1. The number of carbonyl (C=O) groups excluding carboxylic acids is 1. The Labute approximate surface area is 115 Å². The van der Waals surface area contributed by atoms with E-state index in [9.17, 15) is 14.9 Å². The topological polar surface area (TPSA) is 102 Å². The Kier molecular flexibility index (Phi) is 3.84. The molecule has 0 bridgehead atoms. The Balaban J connectivity index is 2.27. The van der Waals surface area contributed by atoms with Crippen molar-refractivity contribution in [1.82, 2.24) is 9.88 Å². The van der Waals surface area contributed by atoms with E-state index in [4.69, 9.17) is 12.2 Å². The number of nitrogens with two attached hydrogens (primary N) is 1. The Morgan fingerprint density at radius 3 is 2.90 bits per heavy atom. The molecule has 0 aromatic carbocycles. The van der Waals surface area contributed by atoms with Gasteiger partial charge in [0.05, 0.1) is 17.0 Å². The van der Waals surface area contributed by atoms with Gasteiger partial charge in [0.1, 0.15) is 12.0 Å². The third kappa shape index (κ3) is 3.03. The molecule has 1 aliphatic rings. The van der Waals surface area contributed by atoms with Crippen molar-refractivity contribution in [1.29, 1.82) is 0 Å². The highest BCUT2D eigenvalue weighted by Gasteiger charge is 2.28. The summed E-state index contributed by atoms with van der Waals surface area (Å²) in [6.45, 7) is 0.697. The fraction of sp³-hybridized carbons (Fsp3) is 0.385. The van der Waals surface area contributed by atoms with Crippen LogP contribution in [0.15, 0.2) is 12.3 Å². The minimum atomic E-state index is -0.615. The van der Waals surface area contributed by atoms with Gasteiger partial charge >= 0.3 is 0 Å². The van der Waals surface area contributed by atoms with Crippen LogP contribution in [0.2, 0.25) is 0 Å². The monoisotopic (exact) mass is 274 g/mol. The van der Waals surface area contributed by atoms with Crippen LogP contribution in [0.5, 0.6) is 0 Å². The smallest absolute Gasteiger partial charge is 0.288 e. The van der Waals surface area contributed by atoms with Crippen molar-refractivity contribution in [2.45, 2.75) is 12.8 Å². The third-order valence-electron chi connectivity index (χ3n) is 3.09. The SMILES string of the molecule is C#CCN(CC1CC1)C(=O)c1cc([N+](=O)[O-])cnc1N. The Morgan fingerprint density at radius 2 is 2.35 bits per heavy atom. The zero-order chi connectivity index (χ0) is 14.7. The van der Waals surface area contributed by atoms with Gasteiger partial charge in [-0.15, -0.1) is 6.42 Å². The third-order valence-corrected chi connectivity index (χ3v) is 3.09. The number of aromatic nitrogens is 1. The Hall–Kier alpha value is -2.62. The van der Waals surface area contributed by atoms with Crippen molar-refractivity contribution < 1.29 is 9.72 Å². The number of rotatable bonds is 5. The maximum absolute atomic E-state index is 12.4. The molecule has 1 aromatic heterocycles. The predicted octanol–water partition coefficient (Wildman–Crippen LogP) is 1.06. The molecular formula is C13H14N4O3. The van der Waals surface area contributed by atoms with Gasteiger partial charge in [0.2, 0.25) is 0 Å². The van der Waals surface area contributed by atoms with Crippen LogP contribution < -0.4 is 5.73 Å². The standard InChI is InChI=1S/C13H14N4O3/c1-2-5-16(8-9-3-4-9)13(18)11-6-10(17(19)20)7-15-12(11)14/h1,6-7,9H,3-5,8H2,(H2,14,15). The Bertz CT molecular complexity index is 590. The summed E-state index contributed by atoms with van der Waals surface area (Å²) in [5.74, 6) is 2.43. The summed E-state index contributed by atoms with van der Waals surface area (Å²) in [5, 5.41) is 10.7. The fourth-order valence-corrected chi connectivity index (χ4v) is 1.85. The van der Waals surface area contributed by atoms with Gasteiger partial charge in [0.15, 0.2) is 0 Å². The van der Waals surface area contributed by atoms with Crippen LogP contribution in [-0.2, 0) is 0 Å². The summed E-state index contributed by atoms with van der Waals surface area (Å²) < 4.78 is 0. The molecule has 1 aliphatic carbocycles.